The number of hydrogen-bond acceptors (Lipinski definition) is 3. The molecule has 0 spiro atoms. The number of aliphatic hydroxyl groups is 1. The molecule has 20 heavy (non-hydrogen) atoms. The van der Waals surface area contributed by atoms with Gasteiger partial charge in [-0.2, -0.15) is 0 Å². The van der Waals surface area contributed by atoms with E-state index in [1.54, 1.807) is 17.0 Å². The molecule has 1 rings (SSSR count). The minimum atomic E-state index is -0.0927. The second-order valence-electron chi connectivity index (χ2n) is 4.85. The Morgan fingerprint density at radius 2 is 2.15 bits per heavy atom. The van der Waals surface area contributed by atoms with Crippen LogP contribution in [0.5, 0.6) is 0 Å². The van der Waals surface area contributed by atoms with Crippen LogP contribution in [-0.2, 0) is 0 Å². The van der Waals surface area contributed by atoms with E-state index in [0.29, 0.717) is 18.7 Å². The zero-order valence-corrected chi connectivity index (χ0v) is 12.3. The molecular formula is C16H22N2O2. The van der Waals surface area contributed by atoms with Gasteiger partial charge in [-0.1, -0.05) is 17.9 Å². The molecule has 0 aliphatic heterocycles. The Hall–Kier alpha value is -1.83. The number of rotatable bonds is 4. The number of carbonyl (C=O) groups excluding carboxylic acids is 1. The predicted molar refractivity (Wildman–Crippen MR) is 80.4 cm³/mol. The van der Waals surface area contributed by atoms with E-state index in [9.17, 15) is 4.79 Å². The lowest BCUT2D eigenvalue weighted by atomic mass is 10.0. The first kappa shape index (κ1) is 16.2. The summed E-state index contributed by atoms with van der Waals surface area (Å²) in [6.07, 6.45) is 0. The first-order valence-electron chi connectivity index (χ1n) is 6.72. The van der Waals surface area contributed by atoms with Gasteiger partial charge in [0, 0.05) is 23.7 Å². The third-order valence-corrected chi connectivity index (χ3v) is 3.03. The third kappa shape index (κ3) is 4.09. The highest BCUT2D eigenvalue weighted by Crippen LogP contribution is 2.14. The van der Waals surface area contributed by atoms with Crippen LogP contribution in [0, 0.1) is 18.8 Å². The first-order valence-corrected chi connectivity index (χ1v) is 6.72. The van der Waals surface area contributed by atoms with E-state index in [1.807, 2.05) is 26.8 Å². The Labute approximate surface area is 120 Å². The molecule has 0 atom stereocenters. The Bertz CT molecular complexity index is 527. The highest BCUT2D eigenvalue weighted by Gasteiger charge is 2.18. The van der Waals surface area contributed by atoms with Crippen molar-refractivity contribution in [3.63, 3.8) is 0 Å². The molecule has 3 N–H and O–H groups in total. The summed E-state index contributed by atoms with van der Waals surface area (Å²) >= 11 is 0. The van der Waals surface area contributed by atoms with Crippen molar-refractivity contribution in [3.05, 3.63) is 34.9 Å². The van der Waals surface area contributed by atoms with Crippen molar-refractivity contribution in [1.82, 2.24) is 4.90 Å². The summed E-state index contributed by atoms with van der Waals surface area (Å²) in [7, 11) is 0. The Morgan fingerprint density at radius 3 is 2.70 bits per heavy atom. The van der Waals surface area contributed by atoms with Gasteiger partial charge in [0.2, 0.25) is 0 Å². The first-order chi connectivity index (χ1) is 9.51. The van der Waals surface area contributed by atoms with Crippen molar-refractivity contribution in [2.75, 3.05) is 19.7 Å². The predicted octanol–water partition coefficient (Wildman–Crippen LogP) is 1.15. The van der Waals surface area contributed by atoms with E-state index in [1.165, 1.54) is 0 Å². The lowest BCUT2D eigenvalue weighted by Crippen LogP contribution is -2.39. The number of nitrogens with two attached hydrogens (primary N) is 1. The molecule has 1 amide bonds. The minimum absolute atomic E-state index is 0.0366. The van der Waals surface area contributed by atoms with Crippen LogP contribution < -0.4 is 5.73 Å². The van der Waals surface area contributed by atoms with Crippen molar-refractivity contribution >= 4 is 5.91 Å². The fraction of sp³-hybridized carbons (Fsp3) is 0.438. The van der Waals surface area contributed by atoms with E-state index in [2.05, 4.69) is 11.8 Å². The molecule has 0 aromatic heterocycles. The summed E-state index contributed by atoms with van der Waals surface area (Å²) in [5.74, 6) is 5.68. The largest absolute Gasteiger partial charge is 0.395 e. The number of nitrogens with zero attached hydrogens (tertiary/aromatic N) is 1. The maximum Gasteiger partial charge on any atom is 0.254 e. The van der Waals surface area contributed by atoms with E-state index >= 15 is 0 Å². The Balaban J connectivity index is 3.09. The van der Waals surface area contributed by atoms with Gasteiger partial charge in [-0.05, 0) is 38.5 Å². The van der Waals surface area contributed by atoms with Gasteiger partial charge in [-0.25, -0.2) is 0 Å². The van der Waals surface area contributed by atoms with E-state index in [-0.39, 0.29) is 18.6 Å². The highest BCUT2D eigenvalue weighted by atomic mass is 16.3. The quantitative estimate of drug-likeness (QED) is 0.809. The third-order valence-electron chi connectivity index (χ3n) is 3.03. The maximum absolute atomic E-state index is 12.5. The van der Waals surface area contributed by atoms with Crippen molar-refractivity contribution in [1.29, 1.82) is 0 Å². The molecule has 0 bridgehead atoms. The van der Waals surface area contributed by atoms with Crippen LogP contribution in [0.15, 0.2) is 18.2 Å². The van der Waals surface area contributed by atoms with E-state index in [4.69, 9.17) is 10.8 Å². The van der Waals surface area contributed by atoms with Gasteiger partial charge in [0.05, 0.1) is 13.2 Å². The van der Waals surface area contributed by atoms with Crippen LogP contribution in [0.2, 0.25) is 0 Å². The van der Waals surface area contributed by atoms with Crippen molar-refractivity contribution < 1.29 is 9.90 Å². The molecule has 0 fully saturated rings. The average molecular weight is 274 g/mol. The molecular weight excluding hydrogens is 252 g/mol. The van der Waals surface area contributed by atoms with E-state index < -0.39 is 0 Å². The van der Waals surface area contributed by atoms with Gasteiger partial charge in [0.1, 0.15) is 0 Å². The molecule has 1 aromatic carbocycles. The summed E-state index contributed by atoms with van der Waals surface area (Å²) in [5.41, 5.74) is 7.79. The zero-order chi connectivity index (χ0) is 15.1. The molecule has 4 nitrogen and oxygen atoms in total. The molecule has 0 aliphatic carbocycles. The molecule has 0 aliphatic rings. The summed E-state index contributed by atoms with van der Waals surface area (Å²) in [5, 5.41) is 9.07. The maximum atomic E-state index is 12.5. The summed E-state index contributed by atoms with van der Waals surface area (Å²) in [4.78, 5) is 14.1. The van der Waals surface area contributed by atoms with Crippen LogP contribution in [-0.4, -0.2) is 41.7 Å². The molecule has 0 unspecified atom stereocenters. The van der Waals surface area contributed by atoms with Crippen LogP contribution in [0.4, 0.5) is 0 Å². The standard InChI is InChI=1S/C16H22N2O2/c1-12(2)18(9-10-19)16(20)15-7-6-13(3)14(11-15)5-4-8-17/h6-7,11-12,19H,8-10,17H2,1-3H3. The lowest BCUT2D eigenvalue weighted by Gasteiger charge is -2.26. The monoisotopic (exact) mass is 274 g/mol. The smallest absolute Gasteiger partial charge is 0.254 e. The van der Waals surface area contributed by atoms with Gasteiger partial charge in [-0.15, -0.1) is 0 Å². The number of amides is 1. The molecule has 0 radical (unpaired) electrons. The molecule has 1 aromatic rings. The van der Waals surface area contributed by atoms with Gasteiger partial charge >= 0.3 is 0 Å². The summed E-state index contributed by atoms with van der Waals surface area (Å²) < 4.78 is 0. The molecule has 4 heteroatoms. The number of benzene rings is 1. The number of carbonyl (C=O) groups is 1. The van der Waals surface area contributed by atoms with Gasteiger partial charge in [0.25, 0.3) is 5.91 Å². The van der Waals surface area contributed by atoms with E-state index in [0.717, 1.165) is 11.1 Å². The second-order valence-corrected chi connectivity index (χ2v) is 4.85. The number of aryl methyl sites for hydroxylation is 1. The van der Waals surface area contributed by atoms with Crippen LogP contribution >= 0.6 is 0 Å². The second kappa shape index (κ2) is 7.68. The Kier molecular flexibility index (Phi) is 6.23. The topological polar surface area (TPSA) is 66.6 Å². The zero-order valence-electron chi connectivity index (χ0n) is 12.3. The Morgan fingerprint density at radius 1 is 1.45 bits per heavy atom. The summed E-state index contributed by atoms with van der Waals surface area (Å²) in [6.45, 7) is 6.38. The minimum Gasteiger partial charge on any atom is -0.395 e. The molecule has 0 heterocycles. The van der Waals surface area contributed by atoms with Crippen molar-refractivity contribution in [2.45, 2.75) is 26.8 Å². The van der Waals surface area contributed by atoms with Gasteiger partial charge in [-0.3, -0.25) is 4.79 Å². The average Bonchev–Trinajstić information content (AvgIpc) is 2.42. The van der Waals surface area contributed by atoms with Crippen LogP contribution in [0.3, 0.4) is 0 Å². The van der Waals surface area contributed by atoms with Crippen LogP contribution in [0.1, 0.15) is 35.3 Å². The number of hydrogen-bond donors (Lipinski definition) is 2. The van der Waals surface area contributed by atoms with Gasteiger partial charge in [0.15, 0.2) is 0 Å². The van der Waals surface area contributed by atoms with Crippen molar-refractivity contribution in [3.8, 4) is 11.8 Å². The highest BCUT2D eigenvalue weighted by molar-refractivity contribution is 5.95. The number of aliphatic hydroxyl groups excluding tert-OH is 1. The van der Waals surface area contributed by atoms with Crippen molar-refractivity contribution in [2.24, 2.45) is 5.73 Å². The molecule has 108 valence electrons. The molecule has 0 saturated heterocycles. The van der Waals surface area contributed by atoms with Gasteiger partial charge < -0.3 is 15.7 Å². The fourth-order valence-corrected chi connectivity index (χ4v) is 1.90. The van der Waals surface area contributed by atoms with Crippen LogP contribution in [0.25, 0.3) is 0 Å². The lowest BCUT2D eigenvalue weighted by molar-refractivity contribution is 0.0665. The summed E-state index contributed by atoms with van der Waals surface area (Å²) in [6, 6.07) is 5.49. The SMILES string of the molecule is Cc1ccc(C(=O)N(CCO)C(C)C)cc1C#CCN. The fourth-order valence-electron chi connectivity index (χ4n) is 1.90. The normalized spacial score (nSPS) is 10.1. The molecule has 0 saturated carbocycles.